The van der Waals surface area contributed by atoms with E-state index < -0.39 is 0 Å². The first-order valence-electron chi connectivity index (χ1n) is 6.92. The van der Waals surface area contributed by atoms with Gasteiger partial charge in [0.05, 0.1) is 0 Å². The number of likely N-dealkylation sites (N-methyl/N-ethyl adjacent to an activating group) is 1. The molecule has 1 aliphatic rings. The Bertz CT molecular complexity index is 304. The van der Waals surface area contributed by atoms with Crippen LogP contribution < -0.4 is 4.90 Å². The zero-order valence-corrected chi connectivity index (χ0v) is 10.9. The second-order valence-electron chi connectivity index (χ2n) is 4.82. The highest BCUT2D eigenvalue weighted by molar-refractivity contribution is 5.45. The quantitative estimate of drug-likeness (QED) is 0.770. The van der Waals surface area contributed by atoms with Crippen LogP contribution in [0.3, 0.4) is 0 Å². The van der Waals surface area contributed by atoms with Crippen LogP contribution in [-0.4, -0.2) is 37.6 Å². The molecule has 1 heterocycles. The van der Waals surface area contributed by atoms with E-state index in [4.69, 9.17) is 0 Å². The highest BCUT2D eigenvalue weighted by Gasteiger charge is 2.11. The van der Waals surface area contributed by atoms with Crippen LogP contribution in [0, 0.1) is 0 Å². The van der Waals surface area contributed by atoms with Crippen LogP contribution in [0.4, 0.5) is 5.69 Å². The van der Waals surface area contributed by atoms with Crippen molar-refractivity contribution >= 4 is 5.69 Å². The van der Waals surface area contributed by atoms with Gasteiger partial charge in [0.2, 0.25) is 0 Å². The monoisotopic (exact) mass is 232 g/mol. The molecule has 94 valence electrons. The van der Waals surface area contributed by atoms with E-state index in [2.05, 4.69) is 47.1 Å². The summed E-state index contributed by atoms with van der Waals surface area (Å²) in [7, 11) is 0. The Kier molecular flexibility index (Phi) is 4.87. The Labute approximate surface area is 105 Å². The maximum Gasteiger partial charge on any atom is 0.0366 e. The molecular weight excluding hydrogens is 208 g/mol. The third-order valence-corrected chi connectivity index (χ3v) is 3.64. The Balaban J connectivity index is 1.83. The molecule has 2 rings (SSSR count). The van der Waals surface area contributed by atoms with Crippen LogP contribution in [0.5, 0.6) is 0 Å². The van der Waals surface area contributed by atoms with E-state index in [9.17, 15) is 0 Å². The molecule has 2 nitrogen and oxygen atoms in total. The number of likely N-dealkylation sites (tertiary alicyclic amines) is 1. The molecule has 0 aliphatic carbocycles. The molecule has 0 saturated carbocycles. The molecular formula is C15H24N2. The molecule has 2 heteroatoms. The first kappa shape index (κ1) is 12.4. The van der Waals surface area contributed by atoms with Crippen molar-refractivity contribution in [2.24, 2.45) is 0 Å². The van der Waals surface area contributed by atoms with Crippen LogP contribution in [0.25, 0.3) is 0 Å². The highest BCUT2D eigenvalue weighted by Crippen LogP contribution is 2.13. The fourth-order valence-corrected chi connectivity index (χ4v) is 2.55. The molecule has 0 bridgehead atoms. The van der Waals surface area contributed by atoms with E-state index in [0.717, 1.165) is 13.1 Å². The zero-order chi connectivity index (χ0) is 11.9. The summed E-state index contributed by atoms with van der Waals surface area (Å²) in [5.41, 5.74) is 1.35. The predicted octanol–water partition coefficient (Wildman–Crippen LogP) is 3.00. The Morgan fingerprint density at radius 2 is 1.76 bits per heavy atom. The summed E-state index contributed by atoms with van der Waals surface area (Å²) < 4.78 is 0. The molecule has 0 unspecified atom stereocenters. The lowest BCUT2D eigenvalue weighted by molar-refractivity contribution is 0.233. The van der Waals surface area contributed by atoms with Gasteiger partial charge in [-0.1, -0.05) is 24.6 Å². The van der Waals surface area contributed by atoms with Gasteiger partial charge in [-0.15, -0.1) is 0 Å². The first-order valence-corrected chi connectivity index (χ1v) is 6.92. The topological polar surface area (TPSA) is 6.48 Å². The van der Waals surface area contributed by atoms with Crippen LogP contribution in [0.2, 0.25) is 0 Å². The van der Waals surface area contributed by atoms with E-state index in [0.29, 0.717) is 0 Å². The Morgan fingerprint density at radius 3 is 2.41 bits per heavy atom. The second kappa shape index (κ2) is 6.65. The molecule has 0 spiro atoms. The Morgan fingerprint density at radius 1 is 1.06 bits per heavy atom. The van der Waals surface area contributed by atoms with Crippen LogP contribution >= 0.6 is 0 Å². The lowest BCUT2D eigenvalue weighted by Gasteiger charge is -2.30. The van der Waals surface area contributed by atoms with Gasteiger partial charge in [-0.3, -0.25) is 0 Å². The van der Waals surface area contributed by atoms with E-state index in [1.807, 2.05) is 0 Å². The molecule has 0 N–H and O–H groups in total. The fraction of sp³-hybridized carbons (Fsp3) is 0.600. The minimum Gasteiger partial charge on any atom is -0.371 e. The molecule has 0 radical (unpaired) electrons. The molecule has 1 saturated heterocycles. The summed E-state index contributed by atoms with van der Waals surface area (Å²) in [5, 5.41) is 0. The summed E-state index contributed by atoms with van der Waals surface area (Å²) >= 11 is 0. The van der Waals surface area contributed by atoms with Crippen molar-refractivity contribution < 1.29 is 0 Å². The van der Waals surface area contributed by atoms with Gasteiger partial charge in [-0.25, -0.2) is 0 Å². The van der Waals surface area contributed by atoms with Crippen molar-refractivity contribution in [1.82, 2.24) is 4.90 Å². The largest absolute Gasteiger partial charge is 0.371 e. The standard InChI is InChI=1S/C15H24N2/c1-2-17(15-9-5-3-6-10-15)14-13-16-11-7-4-8-12-16/h3,5-6,9-10H,2,4,7-8,11-14H2,1H3. The van der Waals surface area contributed by atoms with Crippen LogP contribution in [-0.2, 0) is 0 Å². The third kappa shape index (κ3) is 3.74. The average molecular weight is 232 g/mol. The van der Waals surface area contributed by atoms with Gasteiger partial charge in [0.1, 0.15) is 0 Å². The molecule has 0 atom stereocenters. The number of hydrogen-bond acceptors (Lipinski definition) is 2. The molecule has 0 aromatic heterocycles. The van der Waals surface area contributed by atoms with Crippen molar-refractivity contribution in [2.75, 3.05) is 37.6 Å². The Hall–Kier alpha value is -1.02. The number of piperidine rings is 1. The normalized spacial score (nSPS) is 17.0. The third-order valence-electron chi connectivity index (χ3n) is 3.64. The van der Waals surface area contributed by atoms with Gasteiger partial charge in [0.15, 0.2) is 0 Å². The predicted molar refractivity (Wildman–Crippen MR) is 74.6 cm³/mol. The maximum absolute atomic E-state index is 2.61. The van der Waals surface area contributed by atoms with Gasteiger partial charge in [0.25, 0.3) is 0 Å². The van der Waals surface area contributed by atoms with Crippen molar-refractivity contribution in [1.29, 1.82) is 0 Å². The van der Waals surface area contributed by atoms with E-state index in [1.165, 1.54) is 44.6 Å². The van der Waals surface area contributed by atoms with Crippen LogP contribution in [0.1, 0.15) is 26.2 Å². The van der Waals surface area contributed by atoms with Gasteiger partial charge in [-0.2, -0.15) is 0 Å². The number of anilines is 1. The van der Waals surface area contributed by atoms with E-state index in [1.54, 1.807) is 0 Å². The molecule has 1 aromatic rings. The second-order valence-corrected chi connectivity index (χ2v) is 4.82. The minimum absolute atomic E-state index is 1.10. The zero-order valence-electron chi connectivity index (χ0n) is 10.9. The summed E-state index contributed by atoms with van der Waals surface area (Å²) in [6, 6.07) is 10.7. The van der Waals surface area contributed by atoms with Crippen molar-refractivity contribution in [3.63, 3.8) is 0 Å². The summed E-state index contributed by atoms with van der Waals surface area (Å²) in [6.07, 6.45) is 4.20. The molecule has 17 heavy (non-hydrogen) atoms. The van der Waals surface area contributed by atoms with Gasteiger partial charge < -0.3 is 9.80 Å². The number of para-hydroxylation sites is 1. The van der Waals surface area contributed by atoms with Gasteiger partial charge in [-0.05, 0) is 45.0 Å². The van der Waals surface area contributed by atoms with Crippen LogP contribution in [0.15, 0.2) is 30.3 Å². The molecule has 1 aliphatic heterocycles. The summed E-state index contributed by atoms with van der Waals surface area (Å²) in [5.74, 6) is 0. The van der Waals surface area contributed by atoms with E-state index in [-0.39, 0.29) is 0 Å². The number of nitrogens with zero attached hydrogens (tertiary/aromatic N) is 2. The fourth-order valence-electron chi connectivity index (χ4n) is 2.55. The average Bonchev–Trinajstić information content (AvgIpc) is 2.42. The van der Waals surface area contributed by atoms with Gasteiger partial charge in [0, 0.05) is 25.3 Å². The summed E-state index contributed by atoms with van der Waals surface area (Å²) in [4.78, 5) is 5.07. The van der Waals surface area contributed by atoms with Gasteiger partial charge >= 0.3 is 0 Å². The number of hydrogen-bond donors (Lipinski definition) is 0. The van der Waals surface area contributed by atoms with E-state index >= 15 is 0 Å². The van der Waals surface area contributed by atoms with Crippen molar-refractivity contribution in [2.45, 2.75) is 26.2 Å². The number of benzene rings is 1. The van der Waals surface area contributed by atoms with Crippen molar-refractivity contribution in [3.05, 3.63) is 30.3 Å². The SMILES string of the molecule is CCN(CCN1CCCCC1)c1ccccc1. The lowest BCUT2D eigenvalue weighted by Crippen LogP contribution is -2.37. The summed E-state index contributed by atoms with van der Waals surface area (Å²) in [6.45, 7) is 8.29. The minimum atomic E-state index is 1.10. The number of rotatable bonds is 5. The molecule has 1 aromatic carbocycles. The molecule has 0 amide bonds. The smallest absolute Gasteiger partial charge is 0.0366 e. The molecule has 1 fully saturated rings. The maximum atomic E-state index is 2.61. The lowest BCUT2D eigenvalue weighted by atomic mass is 10.1. The first-order chi connectivity index (χ1) is 8.40. The van der Waals surface area contributed by atoms with Crippen molar-refractivity contribution in [3.8, 4) is 0 Å². The highest BCUT2D eigenvalue weighted by atomic mass is 15.2.